The van der Waals surface area contributed by atoms with Crippen molar-refractivity contribution >= 4 is 30.6 Å². The molecule has 11 nitrogen and oxygen atoms in total. The monoisotopic (exact) mass is 639 g/mol. The van der Waals surface area contributed by atoms with Gasteiger partial charge in [-0.1, -0.05) is 26.5 Å². The Labute approximate surface area is 269 Å². The lowest BCUT2D eigenvalue weighted by Crippen LogP contribution is -2.30. The molecule has 2 saturated heterocycles. The molecule has 4 aliphatic heterocycles. The summed E-state index contributed by atoms with van der Waals surface area (Å²) in [6.45, 7) is 11.8. The summed E-state index contributed by atoms with van der Waals surface area (Å²) in [5, 5.41) is 47.6. The number of nitrogens with zero attached hydrogens (tertiary/aromatic N) is 1. The Hall–Kier alpha value is -3.45. The van der Waals surface area contributed by atoms with Gasteiger partial charge >= 0.3 is 5.97 Å². The van der Waals surface area contributed by atoms with Gasteiger partial charge in [0.25, 0.3) is 0 Å². The lowest BCUT2D eigenvalue weighted by Gasteiger charge is -2.17. The largest absolute Gasteiger partial charge is 0.495 e. The van der Waals surface area contributed by atoms with Crippen molar-refractivity contribution in [1.29, 1.82) is 0 Å². The first-order valence-corrected chi connectivity index (χ1v) is 16.2. The minimum absolute atomic E-state index is 0.0112. The molecule has 244 valence electrons. The van der Waals surface area contributed by atoms with Crippen molar-refractivity contribution in [2.45, 2.75) is 84.2 Å². The van der Waals surface area contributed by atoms with Crippen LogP contribution in [-0.4, -0.2) is 66.0 Å². The fourth-order valence-corrected chi connectivity index (χ4v) is 7.42. The number of thiol groups is 1. The van der Waals surface area contributed by atoms with Crippen LogP contribution < -0.4 is 16.1 Å². The van der Waals surface area contributed by atoms with E-state index in [0.717, 1.165) is 57.0 Å². The number of fused-ring (bicyclic) bond motifs is 1. The van der Waals surface area contributed by atoms with Crippen molar-refractivity contribution in [2.75, 3.05) is 5.75 Å². The highest BCUT2D eigenvalue weighted by molar-refractivity contribution is 7.80. The third-order valence-corrected chi connectivity index (χ3v) is 10.3. The number of carbonyl (C=O) groups excluding carboxylic acids is 1. The summed E-state index contributed by atoms with van der Waals surface area (Å²) >= 11 is 4.42. The molecule has 1 amide bonds. The quantitative estimate of drug-likeness (QED) is 0.0889. The number of aromatic amines is 1. The summed E-state index contributed by atoms with van der Waals surface area (Å²) in [6.07, 6.45) is 6.47. The van der Waals surface area contributed by atoms with Crippen molar-refractivity contribution in [1.82, 2.24) is 26.1 Å². The van der Waals surface area contributed by atoms with Crippen molar-refractivity contribution in [3.63, 3.8) is 0 Å². The van der Waals surface area contributed by atoms with Gasteiger partial charge in [-0.25, -0.2) is 0 Å². The van der Waals surface area contributed by atoms with Crippen LogP contribution >= 0.6 is 12.6 Å². The number of carboxylic acids is 1. The van der Waals surface area contributed by atoms with Gasteiger partial charge in [-0.05, 0) is 73.3 Å². The third-order valence-electron chi connectivity index (χ3n) is 10.0. The van der Waals surface area contributed by atoms with Crippen LogP contribution in [0.25, 0.3) is 6.08 Å². The number of hydrogen-bond donors (Lipinski definition) is 9. The predicted molar refractivity (Wildman–Crippen MR) is 174 cm³/mol. The molecule has 5 rings (SSSR count). The van der Waals surface area contributed by atoms with Gasteiger partial charge in [-0.3, -0.25) is 14.6 Å². The van der Waals surface area contributed by atoms with E-state index in [-0.39, 0.29) is 48.4 Å². The van der Waals surface area contributed by atoms with Crippen molar-refractivity contribution in [3.05, 3.63) is 75.2 Å². The Morgan fingerprint density at radius 2 is 1.93 bits per heavy atom. The van der Waals surface area contributed by atoms with Gasteiger partial charge in [0.2, 0.25) is 5.91 Å². The number of carbonyl (C=O) groups is 2. The molecule has 2 fully saturated rings. The smallest absolute Gasteiger partial charge is 0.303 e. The number of rotatable bonds is 13. The predicted octanol–water partition coefficient (Wildman–Crippen LogP) is 3.31. The highest BCUT2D eigenvalue weighted by Gasteiger charge is 2.60. The van der Waals surface area contributed by atoms with Crippen LogP contribution in [0.1, 0.15) is 69.0 Å². The van der Waals surface area contributed by atoms with Gasteiger partial charge in [0, 0.05) is 65.7 Å². The van der Waals surface area contributed by atoms with E-state index in [9.17, 15) is 30.0 Å². The summed E-state index contributed by atoms with van der Waals surface area (Å²) in [7, 11) is 0. The molecule has 0 aromatic carbocycles. The molecule has 45 heavy (non-hydrogen) atoms. The zero-order chi connectivity index (χ0) is 32.8. The Balaban J connectivity index is 1.53. The molecule has 1 aromatic heterocycles. The minimum atomic E-state index is -1.47. The number of H-pyrrole nitrogens is 1. The number of aliphatic carboxylic acids is 1. The number of carboxylic acid groups (broad SMARTS) is 1. The number of hydrazine groups is 1. The molecule has 0 saturated carbocycles. The number of allylic oxidation sites excluding steroid dienone is 3. The fourth-order valence-electron chi connectivity index (χ4n) is 7.14. The van der Waals surface area contributed by atoms with Crippen LogP contribution in [0.3, 0.4) is 0 Å². The van der Waals surface area contributed by atoms with Gasteiger partial charge in [0.1, 0.15) is 0 Å². The number of aliphatic hydroxyl groups is 3. The van der Waals surface area contributed by atoms with E-state index in [0.29, 0.717) is 25.0 Å². The molecule has 12 heteroatoms. The molecule has 0 radical (unpaired) electrons. The summed E-state index contributed by atoms with van der Waals surface area (Å²) in [6, 6.07) is -0.0688. The zero-order valence-corrected chi connectivity index (χ0v) is 27.2. The molecule has 4 aliphatic rings. The average Bonchev–Trinajstić information content (AvgIpc) is 3.33. The highest BCUT2D eigenvalue weighted by atomic mass is 32.1. The molecule has 0 aliphatic carbocycles. The average molecular weight is 640 g/mol. The summed E-state index contributed by atoms with van der Waals surface area (Å²) in [4.78, 5) is 27.8. The standard InChI is InChI=1S/C33H45N5O6S/c1-6-20-16(2)25(35-32(20)44)13-24-17(3)21(7-9-29(39)40)26(34-24)14-28-23(8-10-30(41)42)19(5)33(37-38(28)33)15-27-22(11-12-45)18(4)31(43)36-27/h6,14-16,18,22,25,30,34-35,37,41-42,44-45H,1,7-13H2,2-5H3,(H,36,43)(H,39,40)/b27-15-,28-14-/t16?,18-,22-,25-,33+,38?/m1/s1. The minimum Gasteiger partial charge on any atom is -0.495 e. The van der Waals surface area contributed by atoms with E-state index in [1.54, 1.807) is 6.08 Å². The van der Waals surface area contributed by atoms with Crippen LogP contribution in [0.5, 0.6) is 0 Å². The highest BCUT2D eigenvalue weighted by Crippen LogP contribution is 2.52. The Morgan fingerprint density at radius 1 is 1.20 bits per heavy atom. The number of amides is 1. The SMILES string of the molecule is C=CC1=C(O)N[C@H](Cc2[nH]c(/C=C3/C(CCC(O)O)=C(C)[C@@]4(/C=C5\NC(=O)[C@H](C)[C@H]5CCS)NN34)c(CCC(=O)O)c2C)C1C. The van der Waals surface area contributed by atoms with E-state index in [1.807, 2.05) is 38.8 Å². The maximum absolute atomic E-state index is 12.6. The van der Waals surface area contributed by atoms with E-state index < -0.39 is 17.9 Å². The topological polar surface area (TPSA) is 180 Å². The first-order chi connectivity index (χ1) is 21.3. The number of aliphatic hydroxyl groups excluding tert-OH is 2. The lowest BCUT2D eigenvalue weighted by molar-refractivity contribution is -0.137. The molecule has 8 N–H and O–H groups in total. The van der Waals surface area contributed by atoms with Crippen molar-refractivity contribution in [3.8, 4) is 0 Å². The first-order valence-electron chi connectivity index (χ1n) is 15.6. The molecule has 5 atom stereocenters. The maximum Gasteiger partial charge on any atom is 0.303 e. The van der Waals surface area contributed by atoms with Crippen LogP contribution in [0, 0.1) is 24.7 Å². The molecular weight excluding hydrogens is 594 g/mol. The van der Waals surface area contributed by atoms with E-state index in [4.69, 9.17) is 0 Å². The van der Waals surface area contributed by atoms with Gasteiger partial charge in [-0.2, -0.15) is 18.1 Å². The third kappa shape index (κ3) is 6.08. The Kier molecular flexibility index (Phi) is 9.33. The van der Waals surface area contributed by atoms with Crippen LogP contribution in [0.4, 0.5) is 0 Å². The first kappa shape index (κ1) is 32.9. The zero-order valence-electron chi connectivity index (χ0n) is 26.3. The Bertz CT molecular complexity index is 1520. The molecule has 1 unspecified atom stereocenters. The molecular formula is C33H45N5O6S. The molecule has 0 bridgehead atoms. The molecule has 5 heterocycles. The lowest BCUT2D eigenvalue weighted by atomic mass is 9.90. The van der Waals surface area contributed by atoms with Crippen LogP contribution in [-0.2, 0) is 22.4 Å². The second-order valence-electron chi connectivity index (χ2n) is 12.6. The number of aromatic nitrogens is 1. The molecule has 0 spiro atoms. The normalized spacial score (nSPS) is 29.3. The van der Waals surface area contributed by atoms with Crippen LogP contribution in [0.15, 0.2) is 52.7 Å². The number of nitrogens with one attached hydrogen (secondary N) is 4. The van der Waals surface area contributed by atoms with Crippen LogP contribution in [0.2, 0.25) is 0 Å². The summed E-state index contributed by atoms with van der Waals surface area (Å²) in [5.41, 5.74) is 10.8. The summed E-state index contributed by atoms with van der Waals surface area (Å²) < 4.78 is 0. The number of hydrogen-bond acceptors (Lipinski definition) is 9. The van der Waals surface area contributed by atoms with Crippen molar-refractivity contribution in [2.24, 2.45) is 17.8 Å². The van der Waals surface area contributed by atoms with E-state index in [1.165, 1.54) is 0 Å². The van der Waals surface area contributed by atoms with E-state index >= 15 is 0 Å². The van der Waals surface area contributed by atoms with E-state index in [2.05, 4.69) is 46.3 Å². The van der Waals surface area contributed by atoms with Gasteiger partial charge in [0.15, 0.2) is 17.8 Å². The molecule has 1 aromatic rings. The maximum atomic E-state index is 12.6. The second-order valence-corrected chi connectivity index (χ2v) is 13.1. The van der Waals surface area contributed by atoms with Gasteiger partial charge < -0.3 is 36.0 Å². The Morgan fingerprint density at radius 3 is 2.56 bits per heavy atom. The second kappa shape index (κ2) is 12.7. The summed E-state index contributed by atoms with van der Waals surface area (Å²) in [5.74, 6) is -0.220. The van der Waals surface area contributed by atoms with Crippen molar-refractivity contribution < 1.29 is 30.0 Å². The fraction of sp³-hybridized carbons (Fsp3) is 0.515. The van der Waals surface area contributed by atoms with Gasteiger partial charge in [0.05, 0.1) is 5.70 Å². The van der Waals surface area contributed by atoms with Gasteiger partial charge in [-0.15, -0.1) is 0 Å².